The van der Waals surface area contributed by atoms with Crippen molar-refractivity contribution < 1.29 is 14.0 Å². The highest BCUT2D eigenvalue weighted by molar-refractivity contribution is 9.10. The predicted octanol–water partition coefficient (Wildman–Crippen LogP) is 4.34. The Labute approximate surface area is 187 Å². The summed E-state index contributed by atoms with van der Waals surface area (Å²) >= 11 is 4.71. The number of nitrogens with zero attached hydrogens (tertiary/aromatic N) is 4. The number of aryl methyl sites for hydroxylation is 1. The Balaban J connectivity index is 1.42. The molecule has 1 aliphatic heterocycles. The summed E-state index contributed by atoms with van der Waals surface area (Å²) in [5.41, 5.74) is 3.58. The third-order valence-corrected chi connectivity index (χ3v) is 6.38. The summed E-state index contributed by atoms with van der Waals surface area (Å²) < 4.78 is 8.66. The van der Waals surface area contributed by atoms with Crippen LogP contribution in [0.4, 0.5) is 0 Å². The van der Waals surface area contributed by atoms with E-state index in [1.165, 1.54) is 11.8 Å². The first-order valence-corrected chi connectivity index (χ1v) is 11.4. The summed E-state index contributed by atoms with van der Waals surface area (Å²) in [4.78, 5) is 26.3. The summed E-state index contributed by atoms with van der Waals surface area (Å²) in [5, 5.41) is 8.33. The number of likely N-dealkylation sites (tertiary alicyclic amines) is 1. The van der Waals surface area contributed by atoms with Crippen LogP contribution in [-0.2, 0) is 11.3 Å². The van der Waals surface area contributed by atoms with E-state index in [2.05, 4.69) is 30.7 Å². The van der Waals surface area contributed by atoms with E-state index in [1.807, 2.05) is 44.2 Å². The molecule has 4 rings (SSSR count). The highest BCUT2D eigenvalue weighted by atomic mass is 79.9. The molecule has 1 amide bonds. The molecule has 9 heteroatoms. The molecule has 0 aliphatic carbocycles. The zero-order valence-electron chi connectivity index (χ0n) is 16.7. The second kappa shape index (κ2) is 8.77. The zero-order chi connectivity index (χ0) is 21.3. The largest absolute Gasteiger partial charge is 0.414 e. The fraction of sp³-hybridized carbons (Fsp3) is 0.333. The molecule has 0 bridgehead atoms. The van der Waals surface area contributed by atoms with Gasteiger partial charge in [-0.1, -0.05) is 33.8 Å². The number of benzene rings is 1. The number of carbonyl (C=O) groups is 2. The number of rotatable bonds is 7. The predicted molar refractivity (Wildman–Crippen MR) is 117 cm³/mol. The monoisotopic (exact) mass is 488 g/mol. The molecule has 3 heterocycles. The van der Waals surface area contributed by atoms with Gasteiger partial charge in [-0.25, -0.2) is 0 Å². The van der Waals surface area contributed by atoms with Gasteiger partial charge in [-0.2, -0.15) is 0 Å². The van der Waals surface area contributed by atoms with Crippen molar-refractivity contribution in [3.63, 3.8) is 0 Å². The van der Waals surface area contributed by atoms with Gasteiger partial charge in [-0.15, -0.1) is 10.2 Å². The van der Waals surface area contributed by atoms with Gasteiger partial charge in [0.2, 0.25) is 11.8 Å². The number of aromatic nitrogens is 3. The van der Waals surface area contributed by atoms with Crippen LogP contribution in [0, 0.1) is 13.8 Å². The van der Waals surface area contributed by atoms with Crippen LogP contribution < -0.4 is 0 Å². The first kappa shape index (κ1) is 20.9. The summed E-state index contributed by atoms with van der Waals surface area (Å²) in [6.45, 7) is 4.98. The fourth-order valence-electron chi connectivity index (χ4n) is 3.66. The number of thioether (sulfide) groups is 1. The number of amides is 1. The maximum absolute atomic E-state index is 12.8. The standard InChI is InChI=1S/C21H21BrN4O3S/c1-13-9-17(14(2)26(13)16-6-3-5-15(22)10-16)18(27)12-30-21-24-23-19(29-21)11-25-8-4-7-20(25)28/h3,5-6,9-10H,4,7-8,11-12H2,1-2H3. The van der Waals surface area contributed by atoms with Crippen molar-refractivity contribution >= 4 is 39.4 Å². The molecule has 0 atom stereocenters. The minimum atomic E-state index is 0.00353. The van der Waals surface area contributed by atoms with Crippen LogP contribution in [-0.4, -0.2) is 43.7 Å². The number of Topliss-reactive ketones (excluding diaryl/α,β-unsaturated/α-hetero) is 1. The number of ketones is 1. The van der Waals surface area contributed by atoms with Crippen LogP contribution in [0.3, 0.4) is 0 Å². The lowest BCUT2D eigenvalue weighted by Gasteiger charge is -2.11. The van der Waals surface area contributed by atoms with Crippen molar-refractivity contribution in [3.05, 3.63) is 57.6 Å². The fourth-order valence-corrected chi connectivity index (χ4v) is 4.71. The van der Waals surface area contributed by atoms with Crippen LogP contribution in [0.25, 0.3) is 5.69 Å². The number of halogens is 1. The zero-order valence-corrected chi connectivity index (χ0v) is 19.1. The third-order valence-electron chi connectivity index (χ3n) is 5.07. The van der Waals surface area contributed by atoms with Gasteiger partial charge in [0.05, 0.1) is 12.3 Å². The van der Waals surface area contributed by atoms with E-state index in [1.54, 1.807) is 4.90 Å². The van der Waals surface area contributed by atoms with Gasteiger partial charge >= 0.3 is 0 Å². The van der Waals surface area contributed by atoms with Crippen molar-refractivity contribution in [1.29, 1.82) is 0 Å². The summed E-state index contributed by atoms with van der Waals surface area (Å²) in [6.07, 6.45) is 1.43. The van der Waals surface area contributed by atoms with E-state index in [-0.39, 0.29) is 17.4 Å². The summed E-state index contributed by atoms with van der Waals surface area (Å²) in [7, 11) is 0. The minimum absolute atomic E-state index is 0.00353. The van der Waals surface area contributed by atoms with E-state index in [9.17, 15) is 9.59 Å². The Morgan fingerprint density at radius 1 is 1.27 bits per heavy atom. The van der Waals surface area contributed by atoms with Gasteiger partial charge in [-0.05, 0) is 44.5 Å². The van der Waals surface area contributed by atoms with Crippen LogP contribution in [0.2, 0.25) is 0 Å². The second-order valence-corrected chi connectivity index (χ2v) is 9.03. The molecular weight excluding hydrogens is 468 g/mol. The van der Waals surface area contributed by atoms with Crippen molar-refractivity contribution in [1.82, 2.24) is 19.7 Å². The first-order valence-electron chi connectivity index (χ1n) is 9.63. The lowest BCUT2D eigenvalue weighted by molar-refractivity contribution is -0.128. The summed E-state index contributed by atoms with van der Waals surface area (Å²) in [6, 6.07) is 9.89. The molecule has 156 valence electrons. The van der Waals surface area contributed by atoms with E-state index in [0.29, 0.717) is 29.6 Å². The quantitative estimate of drug-likeness (QED) is 0.363. The Kier molecular flexibility index (Phi) is 6.10. The van der Waals surface area contributed by atoms with Crippen molar-refractivity contribution in [2.24, 2.45) is 0 Å². The molecule has 0 unspecified atom stereocenters. The van der Waals surface area contributed by atoms with Crippen molar-refractivity contribution in [3.8, 4) is 5.69 Å². The Hall–Kier alpha value is -2.39. The van der Waals surface area contributed by atoms with Gasteiger partial charge < -0.3 is 13.9 Å². The Bertz CT molecular complexity index is 1110. The average Bonchev–Trinajstić information content (AvgIpc) is 3.40. The van der Waals surface area contributed by atoms with Crippen LogP contribution >= 0.6 is 27.7 Å². The molecule has 0 spiro atoms. The SMILES string of the molecule is Cc1cc(C(=O)CSc2nnc(CN3CCCC3=O)o2)c(C)n1-c1cccc(Br)c1. The molecule has 2 aromatic heterocycles. The van der Waals surface area contributed by atoms with Gasteiger partial charge in [-0.3, -0.25) is 9.59 Å². The molecule has 1 aromatic carbocycles. The van der Waals surface area contributed by atoms with Crippen molar-refractivity contribution in [2.45, 2.75) is 38.5 Å². The Morgan fingerprint density at radius 2 is 2.10 bits per heavy atom. The number of hydrogen-bond acceptors (Lipinski definition) is 6. The summed E-state index contributed by atoms with van der Waals surface area (Å²) in [5.74, 6) is 0.711. The maximum Gasteiger partial charge on any atom is 0.277 e. The molecule has 30 heavy (non-hydrogen) atoms. The normalized spacial score (nSPS) is 14.0. The first-order chi connectivity index (χ1) is 14.4. The van der Waals surface area contributed by atoms with E-state index in [4.69, 9.17) is 4.42 Å². The topological polar surface area (TPSA) is 81.2 Å². The van der Waals surface area contributed by atoms with Gasteiger partial charge in [0.1, 0.15) is 0 Å². The van der Waals surface area contributed by atoms with Crippen molar-refractivity contribution in [2.75, 3.05) is 12.3 Å². The molecule has 3 aromatic rings. The molecule has 0 radical (unpaired) electrons. The molecule has 0 saturated carbocycles. The molecule has 1 fully saturated rings. The van der Waals surface area contributed by atoms with Gasteiger partial charge in [0.15, 0.2) is 5.78 Å². The maximum atomic E-state index is 12.8. The van der Waals surface area contributed by atoms with Crippen LogP contribution in [0.5, 0.6) is 0 Å². The highest BCUT2D eigenvalue weighted by Gasteiger charge is 2.23. The second-order valence-electron chi connectivity index (χ2n) is 7.19. The van der Waals surface area contributed by atoms with E-state index in [0.717, 1.165) is 34.5 Å². The number of hydrogen-bond donors (Lipinski definition) is 0. The Morgan fingerprint density at radius 3 is 2.83 bits per heavy atom. The number of carbonyl (C=O) groups excluding carboxylic acids is 2. The van der Waals surface area contributed by atoms with E-state index < -0.39 is 0 Å². The minimum Gasteiger partial charge on any atom is -0.414 e. The molecule has 1 saturated heterocycles. The van der Waals surface area contributed by atoms with Gasteiger partial charge in [0.25, 0.3) is 5.22 Å². The van der Waals surface area contributed by atoms with Crippen LogP contribution in [0.15, 0.2) is 44.4 Å². The molecule has 7 nitrogen and oxygen atoms in total. The smallest absolute Gasteiger partial charge is 0.277 e. The highest BCUT2D eigenvalue weighted by Crippen LogP contribution is 2.26. The lowest BCUT2D eigenvalue weighted by atomic mass is 10.2. The average molecular weight is 489 g/mol. The lowest BCUT2D eigenvalue weighted by Crippen LogP contribution is -2.23. The molecule has 0 N–H and O–H groups in total. The third kappa shape index (κ3) is 4.37. The van der Waals surface area contributed by atoms with E-state index >= 15 is 0 Å². The van der Waals surface area contributed by atoms with Crippen LogP contribution in [0.1, 0.15) is 40.5 Å². The molecule has 1 aliphatic rings. The molecular formula is C21H21BrN4O3S. The van der Waals surface area contributed by atoms with Gasteiger partial charge in [0, 0.05) is 40.1 Å².